The van der Waals surface area contributed by atoms with Gasteiger partial charge in [-0.3, -0.25) is 10.0 Å². The average molecular weight is 336 g/mol. The third-order valence-corrected chi connectivity index (χ3v) is 3.30. The molecule has 2 N–H and O–H groups in total. The van der Waals surface area contributed by atoms with Crippen LogP contribution in [0.3, 0.4) is 0 Å². The molecule has 0 fully saturated rings. The van der Waals surface area contributed by atoms with E-state index in [2.05, 4.69) is 14.8 Å². The second-order valence-corrected chi connectivity index (χ2v) is 5.07. The number of rotatable bonds is 4. The van der Waals surface area contributed by atoms with Gasteiger partial charge in [-0.2, -0.15) is 0 Å². The van der Waals surface area contributed by atoms with E-state index in [4.69, 9.17) is 4.74 Å². The molecule has 2 aromatic rings. The van der Waals surface area contributed by atoms with Gasteiger partial charge < -0.3 is 9.47 Å². The molecule has 2 rings (SSSR count). The molecule has 0 saturated carbocycles. The Bertz CT molecular complexity index is 694. The molecule has 0 aliphatic carbocycles. The zero-order chi connectivity index (χ0) is 16.7. The lowest BCUT2D eigenvalue weighted by atomic mass is 10.3. The van der Waals surface area contributed by atoms with E-state index in [0.717, 1.165) is 11.9 Å². The zero-order valence-corrected chi connectivity index (χ0v) is 12.9. The van der Waals surface area contributed by atoms with Gasteiger partial charge in [0, 0.05) is 10.6 Å². The summed E-state index contributed by atoms with van der Waals surface area (Å²) in [5.41, 5.74) is 0.480. The summed E-state index contributed by atoms with van der Waals surface area (Å²) in [5, 5.41) is 2.53. The highest BCUT2D eigenvalue weighted by atomic mass is 32.2. The highest BCUT2D eigenvalue weighted by molar-refractivity contribution is 7.98. The molecule has 0 unspecified atom stereocenters. The number of anilines is 1. The predicted octanol–water partition coefficient (Wildman–Crippen LogP) is 3.80. The minimum atomic E-state index is -0.709. The van der Waals surface area contributed by atoms with E-state index in [1.807, 2.05) is 0 Å². The fourth-order valence-corrected chi connectivity index (χ4v) is 2.15. The third kappa shape index (κ3) is 5.51. The van der Waals surface area contributed by atoms with E-state index in [9.17, 15) is 14.0 Å². The van der Waals surface area contributed by atoms with Crippen LogP contribution >= 0.6 is 11.9 Å². The Hall–Kier alpha value is -2.74. The first-order valence-electron chi connectivity index (χ1n) is 6.42. The summed E-state index contributed by atoms with van der Waals surface area (Å²) in [5.74, 6) is -0.192. The Kier molecular flexibility index (Phi) is 5.81. The van der Waals surface area contributed by atoms with E-state index in [0.29, 0.717) is 10.6 Å². The second kappa shape index (κ2) is 8.04. The molecular formula is C15H13FN2O4S. The molecule has 0 spiro atoms. The number of amides is 2. The molecule has 0 bridgehead atoms. The summed E-state index contributed by atoms with van der Waals surface area (Å²) in [6.45, 7) is 0. The van der Waals surface area contributed by atoms with Crippen LogP contribution in [0.4, 0.5) is 19.7 Å². The van der Waals surface area contributed by atoms with Gasteiger partial charge in [0.2, 0.25) is 0 Å². The summed E-state index contributed by atoms with van der Waals surface area (Å²) >= 11 is 1.04. The van der Waals surface area contributed by atoms with E-state index < -0.39 is 18.0 Å². The normalized spacial score (nSPS) is 9.83. The zero-order valence-electron chi connectivity index (χ0n) is 12.0. The van der Waals surface area contributed by atoms with Crippen LogP contribution in [-0.4, -0.2) is 19.3 Å². The molecule has 0 atom stereocenters. The van der Waals surface area contributed by atoms with Crippen molar-refractivity contribution in [2.45, 2.75) is 4.90 Å². The van der Waals surface area contributed by atoms with Crippen LogP contribution in [0.2, 0.25) is 0 Å². The van der Waals surface area contributed by atoms with Crippen LogP contribution in [0, 0.1) is 5.82 Å². The van der Waals surface area contributed by atoms with Crippen molar-refractivity contribution in [1.82, 2.24) is 4.72 Å². The molecule has 0 aliphatic rings. The van der Waals surface area contributed by atoms with Crippen molar-refractivity contribution in [1.29, 1.82) is 0 Å². The lowest BCUT2D eigenvalue weighted by Gasteiger charge is -2.08. The number of carbonyl (C=O) groups excluding carboxylic acids is 2. The van der Waals surface area contributed by atoms with Crippen molar-refractivity contribution in [2.75, 3.05) is 12.4 Å². The van der Waals surface area contributed by atoms with Crippen molar-refractivity contribution in [3.8, 4) is 5.75 Å². The van der Waals surface area contributed by atoms with Gasteiger partial charge in [0.05, 0.1) is 7.11 Å². The van der Waals surface area contributed by atoms with Crippen molar-refractivity contribution < 1.29 is 23.5 Å². The first kappa shape index (κ1) is 16.6. The quantitative estimate of drug-likeness (QED) is 0.831. The number of carbonyl (C=O) groups is 2. The lowest BCUT2D eigenvalue weighted by molar-refractivity contribution is 0.178. The highest BCUT2D eigenvalue weighted by Crippen LogP contribution is 2.20. The summed E-state index contributed by atoms with van der Waals surface area (Å²) in [6, 6.07) is 11.8. The molecule has 0 heterocycles. The summed E-state index contributed by atoms with van der Waals surface area (Å²) in [6.07, 6.45) is -1.29. The molecule has 0 radical (unpaired) electrons. The number of hydrogen-bond acceptors (Lipinski definition) is 5. The van der Waals surface area contributed by atoms with Gasteiger partial charge in [-0.1, -0.05) is 6.07 Å². The minimum absolute atomic E-state index is 0.224. The smallest absolute Gasteiger partial charge is 0.417 e. The molecule has 120 valence electrons. The van der Waals surface area contributed by atoms with Crippen molar-refractivity contribution in [3.63, 3.8) is 0 Å². The number of benzene rings is 2. The number of ether oxygens (including phenoxy) is 2. The van der Waals surface area contributed by atoms with Gasteiger partial charge >= 0.3 is 12.2 Å². The van der Waals surface area contributed by atoms with E-state index >= 15 is 0 Å². The van der Waals surface area contributed by atoms with Crippen LogP contribution in [0.15, 0.2) is 53.4 Å². The second-order valence-electron chi connectivity index (χ2n) is 4.19. The van der Waals surface area contributed by atoms with Gasteiger partial charge in [-0.15, -0.1) is 0 Å². The van der Waals surface area contributed by atoms with Crippen LogP contribution in [0.1, 0.15) is 0 Å². The van der Waals surface area contributed by atoms with Crippen LogP contribution < -0.4 is 14.8 Å². The largest absolute Gasteiger partial charge is 0.452 e. The summed E-state index contributed by atoms with van der Waals surface area (Å²) in [7, 11) is 1.26. The van der Waals surface area contributed by atoms with Gasteiger partial charge in [0.25, 0.3) is 0 Å². The molecule has 23 heavy (non-hydrogen) atoms. The van der Waals surface area contributed by atoms with Crippen LogP contribution in [-0.2, 0) is 4.74 Å². The SMILES string of the molecule is COC(=O)NSc1cccc(NC(=O)Oc2ccc(F)cc2)c1. The average Bonchev–Trinajstić information content (AvgIpc) is 2.55. The molecule has 0 aliphatic heterocycles. The Labute approximate surface area is 136 Å². The Morgan fingerprint density at radius 2 is 1.83 bits per heavy atom. The Morgan fingerprint density at radius 1 is 1.09 bits per heavy atom. The van der Waals surface area contributed by atoms with Crippen molar-refractivity contribution in [2.24, 2.45) is 0 Å². The number of methoxy groups -OCH3 is 1. The third-order valence-electron chi connectivity index (χ3n) is 2.54. The maximum Gasteiger partial charge on any atom is 0.417 e. The highest BCUT2D eigenvalue weighted by Gasteiger charge is 2.07. The molecule has 2 amide bonds. The van der Waals surface area contributed by atoms with Gasteiger partial charge in [0.15, 0.2) is 0 Å². The number of halogens is 1. The van der Waals surface area contributed by atoms with E-state index in [1.54, 1.807) is 24.3 Å². The predicted molar refractivity (Wildman–Crippen MR) is 83.9 cm³/mol. The van der Waals surface area contributed by atoms with E-state index in [1.165, 1.54) is 31.4 Å². The molecular weight excluding hydrogens is 323 g/mol. The molecule has 2 aromatic carbocycles. The summed E-state index contributed by atoms with van der Waals surface area (Å²) in [4.78, 5) is 23.5. The van der Waals surface area contributed by atoms with Crippen LogP contribution in [0.25, 0.3) is 0 Å². The molecule has 8 heteroatoms. The molecule has 6 nitrogen and oxygen atoms in total. The minimum Gasteiger partial charge on any atom is -0.452 e. The maximum absolute atomic E-state index is 12.8. The molecule has 0 saturated heterocycles. The monoisotopic (exact) mass is 336 g/mol. The number of hydrogen-bond donors (Lipinski definition) is 2. The summed E-state index contributed by atoms with van der Waals surface area (Å²) < 4.78 is 24.7. The topological polar surface area (TPSA) is 76.7 Å². The Balaban J connectivity index is 1.92. The Morgan fingerprint density at radius 3 is 2.52 bits per heavy atom. The first-order chi connectivity index (χ1) is 11.1. The maximum atomic E-state index is 12.8. The molecule has 0 aromatic heterocycles. The van der Waals surface area contributed by atoms with Gasteiger partial charge in [-0.05, 0) is 54.4 Å². The van der Waals surface area contributed by atoms with Crippen LogP contribution in [0.5, 0.6) is 5.75 Å². The number of nitrogens with one attached hydrogen (secondary N) is 2. The van der Waals surface area contributed by atoms with Crippen molar-refractivity contribution in [3.05, 3.63) is 54.3 Å². The first-order valence-corrected chi connectivity index (χ1v) is 7.24. The van der Waals surface area contributed by atoms with E-state index in [-0.39, 0.29) is 5.75 Å². The standard InChI is InChI=1S/C15H13FN2O4S/c1-21-15(20)18-23-13-4-2-3-11(9-13)17-14(19)22-12-7-5-10(16)6-8-12/h2-9H,1H3,(H,17,19)(H,18,20). The lowest BCUT2D eigenvalue weighted by Crippen LogP contribution is -2.17. The fraction of sp³-hybridized carbons (Fsp3) is 0.0667. The fourth-order valence-electron chi connectivity index (χ4n) is 1.53. The van der Waals surface area contributed by atoms with Gasteiger partial charge in [-0.25, -0.2) is 14.0 Å². The van der Waals surface area contributed by atoms with Gasteiger partial charge in [0.1, 0.15) is 11.6 Å². The van der Waals surface area contributed by atoms with Crippen molar-refractivity contribution >= 4 is 29.8 Å².